The maximum atomic E-state index is 11.5. The Morgan fingerprint density at radius 2 is 2.21 bits per heavy atom. The number of carbonyl (C=O) groups excluding carboxylic acids is 1. The number of fused-ring (bicyclic) bond motifs is 1. The summed E-state index contributed by atoms with van der Waals surface area (Å²) in [5, 5.41) is 0. The van der Waals surface area contributed by atoms with Crippen LogP contribution >= 0.6 is 0 Å². The van der Waals surface area contributed by atoms with Crippen molar-refractivity contribution in [1.82, 2.24) is 9.80 Å². The number of ether oxygens (including phenoxy) is 1. The van der Waals surface area contributed by atoms with Gasteiger partial charge < -0.3 is 15.4 Å². The zero-order valence-corrected chi connectivity index (χ0v) is 12.2. The van der Waals surface area contributed by atoms with E-state index in [-0.39, 0.29) is 5.97 Å². The molecule has 2 unspecified atom stereocenters. The fourth-order valence-corrected chi connectivity index (χ4v) is 3.26. The van der Waals surface area contributed by atoms with Gasteiger partial charge in [0.25, 0.3) is 0 Å². The van der Waals surface area contributed by atoms with Crippen molar-refractivity contribution in [3.8, 4) is 0 Å². The first-order chi connectivity index (χ1) is 9.03. The summed E-state index contributed by atoms with van der Waals surface area (Å²) in [6.07, 6.45) is 4.33. The zero-order chi connectivity index (χ0) is 13.9. The number of hydrogen-bond donors (Lipinski definition) is 1. The lowest BCUT2D eigenvalue weighted by atomic mass is 9.97. The first kappa shape index (κ1) is 14.8. The van der Waals surface area contributed by atoms with Crippen LogP contribution in [0.25, 0.3) is 0 Å². The number of methoxy groups -OCH3 is 1. The van der Waals surface area contributed by atoms with Crippen molar-refractivity contribution in [1.29, 1.82) is 0 Å². The van der Waals surface area contributed by atoms with Gasteiger partial charge in [0, 0.05) is 25.7 Å². The molecule has 0 spiro atoms. The van der Waals surface area contributed by atoms with Crippen molar-refractivity contribution in [3.63, 3.8) is 0 Å². The van der Waals surface area contributed by atoms with E-state index in [1.54, 1.807) is 6.92 Å². The van der Waals surface area contributed by atoms with Crippen LogP contribution in [0.5, 0.6) is 0 Å². The number of nitrogens with two attached hydrogens (primary N) is 1. The zero-order valence-electron chi connectivity index (χ0n) is 12.2. The highest BCUT2D eigenvalue weighted by molar-refractivity contribution is 5.79. The van der Waals surface area contributed by atoms with Crippen molar-refractivity contribution in [2.75, 3.05) is 39.8 Å². The second-order valence-electron chi connectivity index (χ2n) is 6.15. The van der Waals surface area contributed by atoms with Gasteiger partial charge in [0.1, 0.15) is 5.54 Å². The largest absolute Gasteiger partial charge is 0.468 e. The Kier molecular flexibility index (Phi) is 4.81. The maximum Gasteiger partial charge on any atom is 0.325 e. The fraction of sp³-hybridized carbons (Fsp3) is 0.929. The topological polar surface area (TPSA) is 58.8 Å². The first-order valence-corrected chi connectivity index (χ1v) is 7.36. The van der Waals surface area contributed by atoms with Gasteiger partial charge >= 0.3 is 5.97 Å². The third-order valence-electron chi connectivity index (χ3n) is 4.49. The van der Waals surface area contributed by atoms with Crippen molar-refractivity contribution >= 4 is 5.97 Å². The molecule has 2 aliphatic heterocycles. The number of carbonyl (C=O) groups is 1. The fourth-order valence-electron chi connectivity index (χ4n) is 3.26. The SMILES string of the molecule is COC(=O)C(C)(N)CCCN1CCN2CCCC2C1. The molecule has 110 valence electrons. The molecule has 0 radical (unpaired) electrons. The van der Waals surface area contributed by atoms with Gasteiger partial charge in [-0.1, -0.05) is 0 Å². The lowest BCUT2D eigenvalue weighted by Crippen LogP contribution is -2.51. The Labute approximate surface area is 116 Å². The van der Waals surface area contributed by atoms with Crippen LogP contribution < -0.4 is 5.73 Å². The molecular weight excluding hydrogens is 242 g/mol. The molecule has 2 atom stereocenters. The van der Waals surface area contributed by atoms with Crippen LogP contribution in [-0.2, 0) is 9.53 Å². The van der Waals surface area contributed by atoms with E-state index in [1.807, 2.05) is 0 Å². The molecule has 2 rings (SSSR count). The van der Waals surface area contributed by atoms with Crippen molar-refractivity contribution < 1.29 is 9.53 Å². The Bertz CT molecular complexity index is 320. The maximum absolute atomic E-state index is 11.5. The first-order valence-electron chi connectivity index (χ1n) is 7.36. The van der Waals surface area contributed by atoms with Crippen LogP contribution in [0.1, 0.15) is 32.6 Å². The number of piperazine rings is 1. The molecule has 0 saturated carbocycles. The summed E-state index contributed by atoms with van der Waals surface area (Å²) in [7, 11) is 1.40. The highest BCUT2D eigenvalue weighted by Crippen LogP contribution is 2.22. The Balaban J connectivity index is 1.70. The minimum Gasteiger partial charge on any atom is -0.468 e. The normalized spacial score (nSPS) is 27.8. The molecule has 0 aromatic heterocycles. The summed E-state index contributed by atoms with van der Waals surface area (Å²) in [6.45, 7) is 7.60. The Morgan fingerprint density at radius 1 is 1.42 bits per heavy atom. The van der Waals surface area contributed by atoms with Crippen molar-refractivity contribution in [2.24, 2.45) is 5.73 Å². The molecule has 19 heavy (non-hydrogen) atoms. The summed E-state index contributed by atoms with van der Waals surface area (Å²) in [5.41, 5.74) is 5.13. The summed E-state index contributed by atoms with van der Waals surface area (Å²) < 4.78 is 4.73. The second kappa shape index (κ2) is 6.20. The smallest absolute Gasteiger partial charge is 0.325 e. The highest BCUT2D eigenvalue weighted by Gasteiger charge is 2.32. The lowest BCUT2D eigenvalue weighted by molar-refractivity contribution is -0.146. The highest BCUT2D eigenvalue weighted by atomic mass is 16.5. The minimum absolute atomic E-state index is 0.312. The molecule has 0 aromatic rings. The van der Waals surface area contributed by atoms with Gasteiger partial charge in [0.2, 0.25) is 0 Å². The molecule has 0 aromatic carbocycles. The second-order valence-corrected chi connectivity index (χ2v) is 6.15. The third kappa shape index (κ3) is 3.68. The summed E-state index contributed by atoms with van der Waals surface area (Å²) in [4.78, 5) is 16.6. The molecule has 0 amide bonds. The van der Waals surface area contributed by atoms with Crippen LogP contribution in [0.4, 0.5) is 0 Å². The number of hydrogen-bond acceptors (Lipinski definition) is 5. The van der Waals surface area contributed by atoms with E-state index < -0.39 is 5.54 Å². The van der Waals surface area contributed by atoms with E-state index in [9.17, 15) is 4.79 Å². The van der Waals surface area contributed by atoms with Gasteiger partial charge in [-0.25, -0.2) is 0 Å². The molecule has 0 aliphatic carbocycles. The number of nitrogens with zero attached hydrogens (tertiary/aromatic N) is 2. The molecule has 2 aliphatic rings. The van der Waals surface area contributed by atoms with Gasteiger partial charge in [-0.05, 0) is 45.7 Å². The van der Waals surface area contributed by atoms with E-state index in [0.717, 1.165) is 25.6 Å². The van der Waals surface area contributed by atoms with Crippen LogP contribution in [-0.4, -0.2) is 67.2 Å². The molecular formula is C14H27N3O2. The quantitative estimate of drug-likeness (QED) is 0.734. The van der Waals surface area contributed by atoms with Crippen LogP contribution in [0, 0.1) is 0 Å². The summed E-state index contributed by atoms with van der Waals surface area (Å²) in [5.74, 6) is -0.312. The standard InChI is InChI=1S/C14H27N3O2/c1-14(15,13(18)19-2)6-4-7-16-9-10-17-8-3-5-12(17)11-16/h12H,3-11,15H2,1-2H3. The van der Waals surface area contributed by atoms with E-state index in [0.29, 0.717) is 6.42 Å². The van der Waals surface area contributed by atoms with E-state index in [4.69, 9.17) is 10.5 Å². The summed E-state index contributed by atoms with van der Waals surface area (Å²) in [6, 6.07) is 0.763. The Morgan fingerprint density at radius 3 is 2.95 bits per heavy atom. The van der Waals surface area contributed by atoms with Crippen molar-refractivity contribution in [2.45, 2.75) is 44.2 Å². The minimum atomic E-state index is -0.843. The molecule has 5 heteroatoms. The molecule has 0 bridgehead atoms. The summed E-state index contributed by atoms with van der Waals surface area (Å²) >= 11 is 0. The predicted octanol–water partition coefficient (Wildman–Crippen LogP) is 0.437. The molecule has 2 N–H and O–H groups in total. The van der Waals surface area contributed by atoms with Crippen molar-refractivity contribution in [3.05, 3.63) is 0 Å². The van der Waals surface area contributed by atoms with E-state index in [2.05, 4.69) is 9.80 Å². The monoisotopic (exact) mass is 269 g/mol. The van der Waals surface area contributed by atoms with Gasteiger partial charge in [0.15, 0.2) is 0 Å². The van der Waals surface area contributed by atoms with E-state index >= 15 is 0 Å². The molecule has 2 fully saturated rings. The number of rotatable bonds is 5. The van der Waals surface area contributed by atoms with E-state index in [1.165, 1.54) is 39.6 Å². The lowest BCUT2D eigenvalue weighted by Gasteiger charge is -2.37. The molecule has 2 saturated heterocycles. The Hall–Kier alpha value is -0.650. The van der Waals surface area contributed by atoms with Gasteiger partial charge in [-0.3, -0.25) is 9.69 Å². The van der Waals surface area contributed by atoms with Gasteiger partial charge in [-0.2, -0.15) is 0 Å². The average molecular weight is 269 g/mol. The third-order valence-corrected chi connectivity index (χ3v) is 4.49. The van der Waals surface area contributed by atoms with Crippen LogP contribution in [0.15, 0.2) is 0 Å². The van der Waals surface area contributed by atoms with Crippen LogP contribution in [0.2, 0.25) is 0 Å². The average Bonchev–Trinajstić information content (AvgIpc) is 2.84. The van der Waals surface area contributed by atoms with Gasteiger partial charge in [-0.15, -0.1) is 0 Å². The van der Waals surface area contributed by atoms with Crippen LogP contribution in [0.3, 0.4) is 0 Å². The molecule has 2 heterocycles. The van der Waals surface area contributed by atoms with Gasteiger partial charge in [0.05, 0.1) is 7.11 Å². The predicted molar refractivity (Wildman–Crippen MR) is 74.9 cm³/mol. The number of esters is 1. The molecule has 5 nitrogen and oxygen atoms in total.